The van der Waals surface area contributed by atoms with Gasteiger partial charge in [0, 0.05) is 28.7 Å². The molecule has 0 bridgehead atoms. The van der Waals surface area contributed by atoms with Crippen molar-refractivity contribution in [3.8, 4) is 5.75 Å². The zero-order valence-electron chi connectivity index (χ0n) is 10.7. The Morgan fingerprint density at radius 1 is 1.30 bits per heavy atom. The van der Waals surface area contributed by atoms with E-state index in [9.17, 15) is 9.90 Å². The number of amides is 1. The first kappa shape index (κ1) is 14.6. The minimum atomic E-state index is -0.486. The van der Waals surface area contributed by atoms with Crippen LogP contribution in [0.5, 0.6) is 5.75 Å². The predicted molar refractivity (Wildman–Crippen MR) is 78.1 cm³/mol. The lowest BCUT2D eigenvalue weighted by Crippen LogP contribution is -2.43. The van der Waals surface area contributed by atoms with Crippen molar-refractivity contribution in [2.24, 2.45) is 0 Å². The van der Waals surface area contributed by atoms with E-state index in [2.05, 4.69) is 5.32 Å². The van der Waals surface area contributed by atoms with Crippen molar-refractivity contribution in [2.75, 3.05) is 5.32 Å². The van der Waals surface area contributed by atoms with Crippen LogP contribution >= 0.6 is 23.2 Å². The summed E-state index contributed by atoms with van der Waals surface area (Å²) in [4.78, 5) is 12.1. The van der Waals surface area contributed by atoms with Gasteiger partial charge in [-0.3, -0.25) is 4.79 Å². The fourth-order valence-corrected chi connectivity index (χ4v) is 2.25. The van der Waals surface area contributed by atoms with E-state index in [0.717, 1.165) is 0 Å². The molecule has 20 heavy (non-hydrogen) atoms. The van der Waals surface area contributed by atoms with Crippen LogP contribution < -0.4 is 9.88 Å². The number of rotatable bonds is 3. The van der Waals surface area contributed by atoms with Gasteiger partial charge in [0.1, 0.15) is 0 Å². The molecule has 2 N–H and O–H groups in total. The number of aromatic nitrogens is 1. The van der Waals surface area contributed by atoms with Gasteiger partial charge in [0.15, 0.2) is 11.9 Å². The highest BCUT2D eigenvalue weighted by molar-refractivity contribution is 6.35. The molecule has 0 aliphatic rings. The first-order valence-corrected chi connectivity index (χ1v) is 6.68. The monoisotopic (exact) mass is 311 g/mol. The van der Waals surface area contributed by atoms with Crippen molar-refractivity contribution < 1.29 is 14.5 Å². The molecule has 2 aromatic rings. The maximum absolute atomic E-state index is 12.1. The summed E-state index contributed by atoms with van der Waals surface area (Å²) in [7, 11) is 0. The van der Waals surface area contributed by atoms with E-state index in [4.69, 9.17) is 23.2 Å². The summed E-state index contributed by atoms with van der Waals surface area (Å²) in [6, 6.07) is 7.54. The molecule has 104 valence electrons. The molecule has 1 atom stereocenters. The first-order chi connectivity index (χ1) is 9.45. The van der Waals surface area contributed by atoms with Crippen LogP contribution in [0.3, 0.4) is 0 Å². The molecule has 0 fully saturated rings. The fraction of sp³-hybridized carbons (Fsp3) is 0.143. The second-order valence-corrected chi connectivity index (χ2v) is 5.21. The molecule has 0 radical (unpaired) electrons. The highest BCUT2D eigenvalue weighted by atomic mass is 35.5. The van der Waals surface area contributed by atoms with Gasteiger partial charge in [-0.2, -0.15) is 4.57 Å². The zero-order chi connectivity index (χ0) is 14.7. The molecular formula is C14H13Cl2N2O2+. The summed E-state index contributed by atoms with van der Waals surface area (Å²) in [5.41, 5.74) is 0.528. The van der Waals surface area contributed by atoms with Crippen LogP contribution in [0, 0.1) is 0 Å². The number of carbonyl (C=O) groups is 1. The Bertz CT molecular complexity index is 627. The number of halogens is 2. The number of hydrogen-bond donors (Lipinski definition) is 2. The van der Waals surface area contributed by atoms with Crippen molar-refractivity contribution in [1.82, 2.24) is 0 Å². The maximum atomic E-state index is 12.1. The van der Waals surface area contributed by atoms with E-state index in [1.807, 2.05) is 0 Å². The molecule has 0 unspecified atom stereocenters. The number of hydrogen-bond acceptors (Lipinski definition) is 2. The SMILES string of the molecule is C[C@@H](C(=O)Nc1cc(Cl)cc(Cl)c1)[n+]1cccc(O)c1. The minimum absolute atomic E-state index is 0.0953. The van der Waals surface area contributed by atoms with Gasteiger partial charge in [-0.25, -0.2) is 0 Å². The van der Waals surface area contributed by atoms with Gasteiger partial charge in [0.25, 0.3) is 5.91 Å². The molecule has 2 rings (SSSR count). The molecule has 6 heteroatoms. The minimum Gasteiger partial charge on any atom is -0.503 e. The third kappa shape index (κ3) is 3.62. The van der Waals surface area contributed by atoms with Crippen molar-refractivity contribution in [3.63, 3.8) is 0 Å². The van der Waals surface area contributed by atoms with Crippen LogP contribution in [0.15, 0.2) is 42.7 Å². The molecule has 4 nitrogen and oxygen atoms in total. The highest BCUT2D eigenvalue weighted by Crippen LogP contribution is 2.22. The summed E-state index contributed by atoms with van der Waals surface area (Å²) in [6.07, 6.45) is 3.18. The van der Waals surface area contributed by atoms with E-state index in [1.54, 1.807) is 42.0 Å². The van der Waals surface area contributed by atoms with Crippen LogP contribution in [0.1, 0.15) is 13.0 Å². The molecule has 1 amide bonds. The molecule has 0 aliphatic carbocycles. The van der Waals surface area contributed by atoms with Crippen LogP contribution in [-0.4, -0.2) is 11.0 Å². The average Bonchev–Trinajstić information content (AvgIpc) is 2.36. The molecule has 1 heterocycles. The lowest BCUT2D eigenvalue weighted by Gasteiger charge is -2.09. The van der Waals surface area contributed by atoms with E-state index >= 15 is 0 Å². The zero-order valence-corrected chi connectivity index (χ0v) is 12.2. The van der Waals surface area contributed by atoms with Crippen LogP contribution in [0.2, 0.25) is 10.0 Å². The number of nitrogens with zero attached hydrogens (tertiary/aromatic N) is 1. The third-order valence-corrected chi connectivity index (χ3v) is 3.20. The van der Waals surface area contributed by atoms with E-state index in [0.29, 0.717) is 15.7 Å². The topological polar surface area (TPSA) is 53.2 Å². The smallest absolute Gasteiger partial charge is 0.293 e. The van der Waals surface area contributed by atoms with E-state index in [-0.39, 0.29) is 11.7 Å². The molecule has 0 aliphatic heterocycles. The van der Waals surface area contributed by atoms with Crippen molar-refractivity contribution in [1.29, 1.82) is 0 Å². The van der Waals surface area contributed by atoms with E-state index in [1.165, 1.54) is 12.3 Å². The van der Waals surface area contributed by atoms with Gasteiger partial charge in [0.05, 0.1) is 0 Å². The normalized spacial score (nSPS) is 11.9. The van der Waals surface area contributed by atoms with Gasteiger partial charge in [-0.1, -0.05) is 23.2 Å². The van der Waals surface area contributed by atoms with Crippen LogP contribution in [-0.2, 0) is 4.79 Å². The standard InChI is InChI=1S/C14H12Cl2N2O2/c1-9(18-4-2-3-13(19)8-18)14(20)17-12-6-10(15)5-11(16)7-12/h2-9H,1H3,(H-,17,19,20)/p+1/t9-/m0/s1. The van der Waals surface area contributed by atoms with Gasteiger partial charge < -0.3 is 10.4 Å². The summed E-state index contributed by atoms with van der Waals surface area (Å²) in [5.74, 6) is -0.142. The Morgan fingerprint density at radius 2 is 1.95 bits per heavy atom. The Labute approximate surface area is 126 Å². The van der Waals surface area contributed by atoms with Gasteiger partial charge in [-0.05, 0) is 24.3 Å². The second kappa shape index (κ2) is 6.11. The summed E-state index contributed by atoms with van der Waals surface area (Å²) < 4.78 is 1.61. The van der Waals surface area contributed by atoms with Crippen molar-refractivity contribution >= 4 is 34.8 Å². The van der Waals surface area contributed by atoms with Crippen molar-refractivity contribution in [2.45, 2.75) is 13.0 Å². The number of carbonyl (C=O) groups excluding carboxylic acids is 1. The molecule has 1 aromatic carbocycles. The quantitative estimate of drug-likeness (QED) is 0.855. The van der Waals surface area contributed by atoms with Crippen LogP contribution in [0.25, 0.3) is 0 Å². The largest absolute Gasteiger partial charge is 0.503 e. The fourth-order valence-electron chi connectivity index (χ4n) is 1.73. The first-order valence-electron chi connectivity index (χ1n) is 5.92. The Kier molecular flexibility index (Phi) is 4.47. The lowest BCUT2D eigenvalue weighted by atomic mass is 10.2. The molecule has 0 saturated heterocycles. The highest BCUT2D eigenvalue weighted by Gasteiger charge is 2.22. The Hall–Kier alpha value is -1.78. The van der Waals surface area contributed by atoms with Crippen LogP contribution in [0.4, 0.5) is 5.69 Å². The van der Waals surface area contributed by atoms with E-state index < -0.39 is 6.04 Å². The number of aromatic hydroxyl groups is 1. The molecule has 0 saturated carbocycles. The third-order valence-electron chi connectivity index (χ3n) is 2.76. The van der Waals surface area contributed by atoms with Gasteiger partial charge in [0.2, 0.25) is 12.2 Å². The molecule has 1 aromatic heterocycles. The Balaban J connectivity index is 2.15. The predicted octanol–water partition coefficient (Wildman–Crippen LogP) is 3.19. The second-order valence-electron chi connectivity index (χ2n) is 4.33. The lowest BCUT2D eigenvalue weighted by molar-refractivity contribution is -0.705. The van der Waals surface area contributed by atoms with Gasteiger partial charge >= 0.3 is 0 Å². The number of nitrogens with one attached hydrogen (secondary N) is 1. The molecule has 0 spiro atoms. The maximum Gasteiger partial charge on any atom is 0.293 e. The summed E-state index contributed by atoms with van der Waals surface area (Å²) in [5, 5.41) is 13.0. The van der Waals surface area contributed by atoms with Crippen molar-refractivity contribution in [3.05, 3.63) is 52.8 Å². The summed E-state index contributed by atoms with van der Waals surface area (Å²) >= 11 is 11.8. The Morgan fingerprint density at radius 3 is 2.55 bits per heavy atom. The summed E-state index contributed by atoms with van der Waals surface area (Å²) in [6.45, 7) is 1.72. The number of pyridine rings is 1. The molecular weight excluding hydrogens is 299 g/mol. The number of anilines is 1. The van der Waals surface area contributed by atoms with Gasteiger partial charge in [-0.15, -0.1) is 0 Å². The average molecular weight is 312 g/mol. The number of benzene rings is 1.